The quantitative estimate of drug-likeness (QED) is 0.540. The Morgan fingerprint density at radius 2 is 1.85 bits per heavy atom. The lowest BCUT2D eigenvalue weighted by Crippen LogP contribution is -2.42. The molecule has 1 fully saturated rings. The summed E-state index contributed by atoms with van der Waals surface area (Å²) in [6.45, 7) is 7.42. The van der Waals surface area contributed by atoms with Crippen LogP contribution in [0.4, 0.5) is 5.69 Å². The third kappa shape index (κ3) is 3.89. The van der Waals surface area contributed by atoms with Gasteiger partial charge < -0.3 is 15.1 Å². The van der Waals surface area contributed by atoms with E-state index in [0.717, 1.165) is 10.8 Å². The van der Waals surface area contributed by atoms with Crippen molar-refractivity contribution in [2.24, 2.45) is 0 Å². The molecule has 3 aromatic rings. The topological polar surface area (TPSA) is 44.3 Å². The molecular formula is C27H29N5S. The Hall–Kier alpha value is -3.25. The first kappa shape index (κ1) is 21.6. The molecule has 2 aliphatic heterocycles. The third-order valence-corrected chi connectivity index (χ3v) is 7.23. The molecule has 6 heteroatoms. The minimum atomic E-state index is -0.0272. The second-order valence-corrected chi connectivity index (χ2v) is 9.81. The first-order valence-electron chi connectivity index (χ1n) is 11.3. The van der Waals surface area contributed by atoms with Gasteiger partial charge in [-0.25, -0.2) is 0 Å². The summed E-state index contributed by atoms with van der Waals surface area (Å²) < 4.78 is 0. The van der Waals surface area contributed by atoms with E-state index in [-0.39, 0.29) is 17.6 Å². The summed E-state index contributed by atoms with van der Waals surface area (Å²) in [5.41, 5.74) is 7.22. The standard InChI is InChI=1S/C27H29N5S/c1-18-16-27(2,3)31(4)23-9-8-20(15-21(18)23)25-24(22-7-5-6-12-29-22)30-26(33)32(25)17-19-10-13-28-14-11-19/h5-16,24-25H,17H2,1-4H3,(H,30,33)/t24-,25-/m1/s1. The fourth-order valence-corrected chi connectivity index (χ4v) is 5.29. The molecule has 5 rings (SSSR count). The molecule has 2 aliphatic rings. The highest BCUT2D eigenvalue weighted by Gasteiger charge is 2.40. The van der Waals surface area contributed by atoms with Gasteiger partial charge in [0.15, 0.2) is 5.11 Å². The summed E-state index contributed by atoms with van der Waals surface area (Å²) >= 11 is 5.84. The van der Waals surface area contributed by atoms with E-state index in [9.17, 15) is 0 Å². The zero-order valence-corrected chi connectivity index (χ0v) is 20.3. The number of benzene rings is 1. The Labute approximate surface area is 201 Å². The van der Waals surface area contributed by atoms with Crippen LogP contribution in [0.3, 0.4) is 0 Å². The van der Waals surface area contributed by atoms with E-state index in [2.05, 4.69) is 83.2 Å². The Bertz CT molecular complexity index is 1210. The minimum Gasteiger partial charge on any atom is -0.366 e. The van der Waals surface area contributed by atoms with E-state index in [1.165, 1.54) is 28.0 Å². The van der Waals surface area contributed by atoms with Gasteiger partial charge in [0.25, 0.3) is 0 Å². The molecule has 0 saturated carbocycles. The van der Waals surface area contributed by atoms with E-state index in [4.69, 9.17) is 12.2 Å². The SMILES string of the molecule is CC1=CC(C)(C)N(C)c2ccc([C@@H]3[C@@H](c4ccccn4)NC(=S)N3Cc3ccncc3)cc21. The number of aromatic nitrogens is 2. The number of pyridine rings is 2. The molecule has 0 amide bonds. The summed E-state index contributed by atoms with van der Waals surface area (Å²) in [7, 11) is 2.17. The monoisotopic (exact) mass is 455 g/mol. The maximum Gasteiger partial charge on any atom is 0.170 e. The largest absolute Gasteiger partial charge is 0.366 e. The van der Waals surface area contributed by atoms with Crippen LogP contribution in [0.1, 0.15) is 55.2 Å². The molecule has 0 unspecified atom stereocenters. The van der Waals surface area contributed by atoms with Crippen LogP contribution in [-0.2, 0) is 6.54 Å². The molecule has 33 heavy (non-hydrogen) atoms. The van der Waals surface area contributed by atoms with Gasteiger partial charge in [-0.3, -0.25) is 9.97 Å². The fourth-order valence-electron chi connectivity index (χ4n) is 4.99. The molecule has 0 radical (unpaired) electrons. The van der Waals surface area contributed by atoms with E-state index in [1.54, 1.807) is 0 Å². The van der Waals surface area contributed by atoms with Crippen LogP contribution in [0.5, 0.6) is 0 Å². The van der Waals surface area contributed by atoms with Crippen LogP contribution in [-0.4, -0.2) is 32.6 Å². The van der Waals surface area contributed by atoms with Gasteiger partial charge in [0.1, 0.15) is 0 Å². The molecule has 0 aliphatic carbocycles. The second-order valence-electron chi connectivity index (χ2n) is 9.43. The fraction of sp³-hybridized carbons (Fsp3) is 0.296. The van der Waals surface area contributed by atoms with E-state index in [1.807, 2.05) is 42.9 Å². The number of rotatable bonds is 4. The number of nitrogens with zero attached hydrogens (tertiary/aromatic N) is 4. The Morgan fingerprint density at radius 1 is 1.06 bits per heavy atom. The number of anilines is 1. The summed E-state index contributed by atoms with van der Waals surface area (Å²) in [5.74, 6) is 0. The van der Waals surface area contributed by atoms with Gasteiger partial charge in [0.2, 0.25) is 0 Å². The highest BCUT2D eigenvalue weighted by Crippen LogP contribution is 2.44. The first-order chi connectivity index (χ1) is 15.8. The van der Waals surface area contributed by atoms with Crippen molar-refractivity contribution in [2.45, 2.75) is 44.9 Å². The summed E-state index contributed by atoms with van der Waals surface area (Å²) in [5, 5.41) is 4.30. The number of thiocarbonyl (C=S) groups is 1. The number of fused-ring (bicyclic) bond motifs is 1. The van der Waals surface area contributed by atoms with Crippen molar-refractivity contribution < 1.29 is 0 Å². The first-order valence-corrected chi connectivity index (χ1v) is 11.7. The van der Waals surface area contributed by atoms with E-state index >= 15 is 0 Å². The number of likely N-dealkylation sites (N-methyl/N-ethyl adjacent to an activating group) is 1. The highest BCUT2D eigenvalue weighted by atomic mass is 32.1. The van der Waals surface area contributed by atoms with E-state index in [0.29, 0.717) is 6.54 Å². The van der Waals surface area contributed by atoms with Gasteiger partial charge in [0.05, 0.1) is 23.3 Å². The molecule has 1 saturated heterocycles. The van der Waals surface area contributed by atoms with Gasteiger partial charge in [-0.1, -0.05) is 18.2 Å². The average molecular weight is 456 g/mol. The van der Waals surface area contributed by atoms with Crippen molar-refractivity contribution in [1.29, 1.82) is 0 Å². The molecule has 1 N–H and O–H groups in total. The lowest BCUT2D eigenvalue weighted by Gasteiger charge is -2.41. The van der Waals surface area contributed by atoms with Crippen molar-refractivity contribution >= 4 is 28.6 Å². The van der Waals surface area contributed by atoms with Crippen LogP contribution in [0.25, 0.3) is 5.57 Å². The third-order valence-electron chi connectivity index (χ3n) is 6.88. The maximum absolute atomic E-state index is 5.84. The maximum atomic E-state index is 5.84. The van der Waals surface area contributed by atoms with Crippen LogP contribution >= 0.6 is 12.2 Å². The number of hydrogen-bond acceptors (Lipinski definition) is 4. The van der Waals surface area contributed by atoms with Crippen LogP contribution in [0.2, 0.25) is 0 Å². The van der Waals surface area contributed by atoms with Gasteiger partial charge in [-0.05, 0) is 86.1 Å². The smallest absolute Gasteiger partial charge is 0.170 e. The molecule has 0 bridgehead atoms. The van der Waals surface area contributed by atoms with Gasteiger partial charge in [-0.15, -0.1) is 0 Å². The van der Waals surface area contributed by atoms with Gasteiger partial charge in [0, 0.05) is 43.4 Å². The number of nitrogens with one attached hydrogen (secondary N) is 1. The predicted octanol–water partition coefficient (Wildman–Crippen LogP) is 5.28. The second kappa shape index (κ2) is 8.27. The number of hydrogen-bond donors (Lipinski definition) is 1. The van der Waals surface area contributed by atoms with Gasteiger partial charge in [-0.2, -0.15) is 0 Å². The zero-order valence-electron chi connectivity index (χ0n) is 19.5. The lowest BCUT2D eigenvalue weighted by molar-refractivity contribution is 0.311. The summed E-state index contributed by atoms with van der Waals surface area (Å²) in [6.07, 6.45) is 7.86. The predicted molar refractivity (Wildman–Crippen MR) is 138 cm³/mol. The molecular weight excluding hydrogens is 426 g/mol. The van der Waals surface area contributed by atoms with E-state index < -0.39 is 0 Å². The number of allylic oxidation sites excluding steroid dienone is 1. The Balaban J connectivity index is 1.60. The molecule has 5 nitrogen and oxygen atoms in total. The highest BCUT2D eigenvalue weighted by molar-refractivity contribution is 7.80. The van der Waals surface area contributed by atoms with Crippen molar-refractivity contribution in [3.63, 3.8) is 0 Å². The summed E-state index contributed by atoms with van der Waals surface area (Å²) in [6, 6.07) is 17.0. The normalized spacial score (nSPS) is 21.5. The average Bonchev–Trinajstić information content (AvgIpc) is 3.14. The Kier molecular flexibility index (Phi) is 5.41. The molecule has 4 heterocycles. The van der Waals surface area contributed by atoms with Crippen molar-refractivity contribution in [3.8, 4) is 0 Å². The molecule has 1 aromatic carbocycles. The molecule has 168 valence electrons. The lowest BCUT2D eigenvalue weighted by atomic mass is 9.86. The molecule has 0 spiro atoms. The van der Waals surface area contributed by atoms with Crippen LogP contribution in [0, 0.1) is 0 Å². The van der Waals surface area contributed by atoms with Crippen molar-refractivity contribution in [1.82, 2.24) is 20.2 Å². The molecule has 2 atom stereocenters. The summed E-state index contributed by atoms with van der Waals surface area (Å²) in [4.78, 5) is 13.5. The van der Waals surface area contributed by atoms with Crippen molar-refractivity contribution in [3.05, 3.63) is 95.6 Å². The van der Waals surface area contributed by atoms with Crippen molar-refractivity contribution in [2.75, 3.05) is 11.9 Å². The van der Waals surface area contributed by atoms with Gasteiger partial charge >= 0.3 is 0 Å². The van der Waals surface area contributed by atoms with Crippen LogP contribution in [0.15, 0.2) is 73.2 Å². The Morgan fingerprint density at radius 3 is 2.58 bits per heavy atom. The zero-order chi connectivity index (χ0) is 23.2. The van der Waals surface area contributed by atoms with Crippen LogP contribution < -0.4 is 10.2 Å². The minimum absolute atomic E-state index is 0.0149. The molecule has 2 aromatic heterocycles.